The second-order valence-corrected chi connectivity index (χ2v) is 5.87. The summed E-state index contributed by atoms with van der Waals surface area (Å²) in [4.78, 5) is 17.8. The van der Waals surface area contributed by atoms with E-state index in [1.165, 1.54) is 17.7 Å². The smallest absolute Gasteiger partial charge is 0.317 e. The van der Waals surface area contributed by atoms with Crippen LogP contribution in [0.5, 0.6) is 0 Å². The number of rotatable bonds is 5. The lowest BCUT2D eigenvalue weighted by Crippen LogP contribution is -2.41. The van der Waals surface area contributed by atoms with Gasteiger partial charge >= 0.3 is 6.03 Å². The largest absolute Gasteiger partial charge is 0.392 e. The molecule has 0 bridgehead atoms. The highest BCUT2D eigenvalue weighted by Gasteiger charge is 2.25. The predicted octanol–water partition coefficient (Wildman–Crippen LogP) is 1.81. The second kappa shape index (κ2) is 6.89. The highest BCUT2D eigenvalue weighted by molar-refractivity contribution is 5.74. The number of carbonyl (C=O) groups excluding carboxylic acids is 1. The molecule has 0 aromatic carbocycles. The number of aromatic nitrogens is 2. The first-order valence-corrected chi connectivity index (χ1v) is 7.50. The first-order chi connectivity index (χ1) is 9.97. The minimum Gasteiger partial charge on any atom is -0.392 e. The standard InChI is InChI=1S/C14H24N4O3/c1-9(19)8-18(3)14(20)15-10(2)13-16-12(17-21-13)11-6-4-5-7-11/h9-11,19H,4-8H2,1-3H3,(H,15,20). The number of aliphatic hydroxyl groups is 1. The Morgan fingerprint density at radius 2 is 2.14 bits per heavy atom. The lowest BCUT2D eigenvalue weighted by molar-refractivity contribution is 0.142. The summed E-state index contributed by atoms with van der Waals surface area (Å²) >= 11 is 0. The van der Waals surface area contributed by atoms with E-state index in [0.717, 1.165) is 18.7 Å². The van der Waals surface area contributed by atoms with Crippen molar-refractivity contribution in [3.05, 3.63) is 11.7 Å². The topological polar surface area (TPSA) is 91.5 Å². The number of nitrogens with zero attached hydrogens (tertiary/aromatic N) is 3. The molecule has 2 amide bonds. The van der Waals surface area contributed by atoms with Gasteiger partial charge in [-0.15, -0.1) is 0 Å². The van der Waals surface area contributed by atoms with Crippen LogP contribution in [0.2, 0.25) is 0 Å². The number of hydrogen-bond donors (Lipinski definition) is 2. The number of hydrogen-bond acceptors (Lipinski definition) is 5. The van der Waals surface area contributed by atoms with Crippen LogP contribution in [0.25, 0.3) is 0 Å². The molecule has 118 valence electrons. The maximum Gasteiger partial charge on any atom is 0.317 e. The second-order valence-electron chi connectivity index (χ2n) is 5.87. The van der Waals surface area contributed by atoms with Crippen molar-refractivity contribution in [2.45, 2.75) is 57.6 Å². The average molecular weight is 296 g/mol. The van der Waals surface area contributed by atoms with E-state index in [9.17, 15) is 9.90 Å². The Morgan fingerprint density at radius 3 is 2.76 bits per heavy atom. The van der Waals surface area contributed by atoms with Crippen molar-refractivity contribution < 1.29 is 14.4 Å². The molecule has 1 saturated carbocycles. The van der Waals surface area contributed by atoms with Crippen molar-refractivity contribution >= 4 is 6.03 Å². The van der Waals surface area contributed by atoms with Gasteiger partial charge in [0.05, 0.1) is 6.10 Å². The van der Waals surface area contributed by atoms with Crippen LogP contribution in [0, 0.1) is 0 Å². The minimum atomic E-state index is -0.562. The first kappa shape index (κ1) is 15.8. The zero-order chi connectivity index (χ0) is 15.4. The lowest BCUT2D eigenvalue weighted by atomic mass is 10.1. The highest BCUT2D eigenvalue weighted by atomic mass is 16.5. The molecule has 2 unspecified atom stereocenters. The van der Waals surface area contributed by atoms with Gasteiger partial charge in [0.1, 0.15) is 6.04 Å². The molecule has 21 heavy (non-hydrogen) atoms. The number of urea groups is 1. The van der Waals surface area contributed by atoms with Gasteiger partial charge in [-0.25, -0.2) is 4.79 Å². The van der Waals surface area contributed by atoms with Crippen molar-refractivity contribution in [1.82, 2.24) is 20.4 Å². The number of nitrogens with one attached hydrogen (secondary N) is 1. The SMILES string of the molecule is CC(O)CN(C)C(=O)NC(C)c1nc(C2CCCC2)no1. The van der Waals surface area contributed by atoms with Gasteiger partial charge in [-0.2, -0.15) is 4.98 Å². The molecular weight excluding hydrogens is 272 g/mol. The minimum absolute atomic E-state index is 0.274. The summed E-state index contributed by atoms with van der Waals surface area (Å²) < 4.78 is 5.26. The van der Waals surface area contributed by atoms with Gasteiger partial charge in [-0.3, -0.25) is 0 Å². The predicted molar refractivity (Wildman–Crippen MR) is 76.8 cm³/mol. The Morgan fingerprint density at radius 1 is 1.48 bits per heavy atom. The van der Waals surface area contributed by atoms with Crippen LogP contribution in [-0.2, 0) is 0 Å². The molecule has 1 fully saturated rings. The molecule has 1 aliphatic carbocycles. The first-order valence-electron chi connectivity index (χ1n) is 7.50. The number of likely N-dealkylation sites (N-methyl/N-ethyl adjacent to an activating group) is 1. The van der Waals surface area contributed by atoms with E-state index in [2.05, 4.69) is 15.5 Å². The molecule has 7 heteroatoms. The summed E-state index contributed by atoms with van der Waals surface area (Å²) in [6, 6.07) is -0.624. The van der Waals surface area contributed by atoms with Gasteiger partial charge in [0, 0.05) is 19.5 Å². The van der Waals surface area contributed by atoms with Crippen molar-refractivity contribution in [1.29, 1.82) is 0 Å². The van der Waals surface area contributed by atoms with Gasteiger partial charge < -0.3 is 19.8 Å². The Kier molecular flexibility index (Phi) is 5.17. The molecule has 1 aromatic heterocycles. The Labute approximate surface area is 124 Å². The van der Waals surface area contributed by atoms with Crippen molar-refractivity contribution in [2.24, 2.45) is 0 Å². The maximum absolute atomic E-state index is 11.9. The van der Waals surface area contributed by atoms with E-state index in [0.29, 0.717) is 11.8 Å². The van der Waals surface area contributed by atoms with Crippen LogP contribution < -0.4 is 5.32 Å². The fourth-order valence-corrected chi connectivity index (χ4v) is 2.61. The van der Waals surface area contributed by atoms with Crippen molar-refractivity contribution in [2.75, 3.05) is 13.6 Å². The number of carbonyl (C=O) groups is 1. The Balaban J connectivity index is 1.90. The third-order valence-electron chi connectivity index (χ3n) is 3.77. The van der Waals surface area contributed by atoms with Crippen LogP contribution in [0.3, 0.4) is 0 Å². The van der Waals surface area contributed by atoms with Crippen LogP contribution in [0.1, 0.15) is 63.2 Å². The molecule has 0 spiro atoms. The molecule has 0 saturated heterocycles. The van der Waals surface area contributed by atoms with E-state index in [4.69, 9.17) is 4.52 Å². The van der Waals surface area contributed by atoms with Gasteiger partial charge in [0.2, 0.25) is 5.89 Å². The van der Waals surface area contributed by atoms with Crippen LogP contribution >= 0.6 is 0 Å². The summed E-state index contributed by atoms with van der Waals surface area (Å²) in [7, 11) is 1.63. The molecular formula is C14H24N4O3. The Hall–Kier alpha value is -1.63. The van der Waals surface area contributed by atoms with Crippen LogP contribution in [0.4, 0.5) is 4.79 Å². The van der Waals surface area contributed by atoms with E-state index in [-0.39, 0.29) is 18.6 Å². The van der Waals surface area contributed by atoms with Gasteiger partial charge in [0.25, 0.3) is 0 Å². The molecule has 1 aliphatic rings. The average Bonchev–Trinajstić information content (AvgIpc) is 3.08. The summed E-state index contributed by atoms with van der Waals surface area (Å²) in [6.45, 7) is 3.72. The van der Waals surface area contributed by atoms with E-state index in [1.54, 1.807) is 20.9 Å². The summed E-state index contributed by atoms with van der Waals surface area (Å²) in [5, 5.41) is 16.1. The zero-order valence-corrected chi connectivity index (χ0v) is 12.9. The van der Waals surface area contributed by atoms with Crippen LogP contribution in [0.15, 0.2) is 4.52 Å². The third-order valence-corrected chi connectivity index (χ3v) is 3.77. The number of amides is 2. The molecule has 2 N–H and O–H groups in total. The normalized spacial score (nSPS) is 18.5. The highest BCUT2D eigenvalue weighted by Crippen LogP contribution is 2.32. The monoisotopic (exact) mass is 296 g/mol. The summed E-state index contributed by atoms with van der Waals surface area (Å²) in [5.41, 5.74) is 0. The van der Waals surface area contributed by atoms with Gasteiger partial charge in [-0.05, 0) is 26.7 Å². The van der Waals surface area contributed by atoms with E-state index >= 15 is 0 Å². The summed E-state index contributed by atoms with van der Waals surface area (Å²) in [5.74, 6) is 1.57. The van der Waals surface area contributed by atoms with Gasteiger partial charge in [0.15, 0.2) is 5.82 Å². The molecule has 0 aliphatic heterocycles. The van der Waals surface area contributed by atoms with Crippen molar-refractivity contribution in [3.63, 3.8) is 0 Å². The molecule has 1 heterocycles. The molecule has 2 rings (SSSR count). The molecule has 7 nitrogen and oxygen atoms in total. The fourth-order valence-electron chi connectivity index (χ4n) is 2.61. The van der Waals surface area contributed by atoms with E-state index < -0.39 is 6.10 Å². The molecule has 2 atom stereocenters. The molecule has 0 radical (unpaired) electrons. The lowest BCUT2D eigenvalue weighted by Gasteiger charge is -2.20. The van der Waals surface area contributed by atoms with Crippen molar-refractivity contribution in [3.8, 4) is 0 Å². The van der Waals surface area contributed by atoms with Gasteiger partial charge in [-0.1, -0.05) is 18.0 Å². The zero-order valence-electron chi connectivity index (χ0n) is 12.9. The summed E-state index contributed by atoms with van der Waals surface area (Å²) in [6.07, 6.45) is 4.08. The third kappa shape index (κ3) is 4.17. The number of aliphatic hydroxyl groups excluding tert-OH is 1. The molecule has 1 aromatic rings. The van der Waals surface area contributed by atoms with Crippen LogP contribution in [-0.4, -0.2) is 45.9 Å². The van der Waals surface area contributed by atoms with E-state index in [1.807, 2.05) is 0 Å². The fraction of sp³-hybridized carbons (Fsp3) is 0.786. The quantitative estimate of drug-likeness (QED) is 0.864. The Bertz CT molecular complexity index is 469. The maximum atomic E-state index is 11.9.